The molecule has 0 atom stereocenters. The summed E-state index contributed by atoms with van der Waals surface area (Å²) in [6.45, 7) is 0.413. The first-order valence-electron chi connectivity index (χ1n) is 9.85. The SMILES string of the molecule is N#Cc1ccccc1CN1C(=O)S/C(=C/c2ccc(OCc3ccccc3Cl)c(I)c2)C1=O. The number of halogens is 2. The van der Waals surface area contributed by atoms with E-state index in [9.17, 15) is 14.9 Å². The van der Waals surface area contributed by atoms with Crippen molar-refractivity contribution < 1.29 is 14.3 Å². The molecule has 33 heavy (non-hydrogen) atoms. The molecule has 3 aromatic rings. The predicted octanol–water partition coefficient (Wildman–Crippen LogP) is 6.63. The number of rotatable bonds is 6. The maximum atomic E-state index is 12.9. The molecule has 0 spiro atoms. The van der Waals surface area contributed by atoms with E-state index in [2.05, 4.69) is 28.7 Å². The van der Waals surface area contributed by atoms with Gasteiger partial charge in [0, 0.05) is 10.6 Å². The number of nitriles is 1. The molecule has 4 rings (SSSR count). The number of thioether (sulfide) groups is 1. The Morgan fingerprint density at radius 2 is 1.79 bits per heavy atom. The zero-order valence-electron chi connectivity index (χ0n) is 17.1. The fourth-order valence-corrected chi connectivity index (χ4v) is 4.94. The lowest BCUT2D eigenvalue weighted by Crippen LogP contribution is -2.27. The van der Waals surface area contributed by atoms with E-state index in [-0.39, 0.29) is 17.7 Å². The predicted molar refractivity (Wildman–Crippen MR) is 138 cm³/mol. The summed E-state index contributed by atoms with van der Waals surface area (Å²) in [6, 6.07) is 22.1. The first-order valence-corrected chi connectivity index (χ1v) is 12.1. The van der Waals surface area contributed by atoms with Gasteiger partial charge in [0.05, 0.1) is 26.7 Å². The smallest absolute Gasteiger partial charge is 0.293 e. The van der Waals surface area contributed by atoms with Crippen molar-refractivity contribution in [2.24, 2.45) is 0 Å². The summed E-state index contributed by atoms with van der Waals surface area (Å²) in [5.41, 5.74) is 2.76. The van der Waals surface area contributed by atoms with Crippen molar-refractivity contribution in [1.29, 1.82) is 5.26 Å². The van der Waals surface area contributed by atoms with Crippen LogP contribution in [0.4, 0.5) is 4.79 Å². The zero-order chi connectivity index (χ0) is 23.4. The quantitative estimate of drug-likeness (QED) is 0.240. The number of carbonyl (C=O) groups excluding carboxylic acids is 2. The summed E-state index contributed by atoms with van der Waals surface area (Å²) in [4.78, 5) is 26.8. The number of ether oxygens (including phenoxy) is 1. The Hall–Kier alpha value is -2.80. The highest BCUT2D eigenvalue weighted by Gasteiger charge is 2.35. The van der Waals surface area contributed by atoms with Crippen molar-refractivity contribution in [3.05, 3.63) is 102 Å². The topological polar surface area (TPSA) is 70.4 Å². The van der Waals surface area contributed by atoms with Gasteiger partial charge >= 0.3 is 0 Å². The molecule has 1 fully saturated rings. The maximum Gasteiger partial charge on any atom is 0.293 e. The van der Waals surface area contributed by atoms with Gasteiger partial charge in [-0.25, -0.2) is 0 Å². The Bertz CT molecular complexity index is 1320. The molecule has 2 amide bonds. The van der Waals surface area contributed by atoms with Gasteiger partial charge in [0.1, 0.15) is 12.4 Å². The highest BCUT2D eigenvalue weighted by Crippen LogP contribution is 2.34. The molecule has 1 saturated heterocycles. The molecule has 0 saturated carbocycles. The number of benzene rings is 3. The van der Waals surface area contributed by atoms with E-state index in [1.807, 2.05) is 42.5 Å². The summed E-state index contributed by atoms with van der Waals surface area (Å²) < 4.78 is 6.77. The third-order valence-corrected chi connectivity index (χ3v) is 7.05. The van der Waals surface area contributed by atoms with E-state index >= 15 is 0 Å². The average molecular weight is 587 g/mol. The molecular weight excluding hydrogens is 571 g/mol. The third-order valence-electron chi connectivity index (χ3n) is 4.93. The molecule has 8 heteroatoms. The minimum absolute atomic E-state index is 0.0676. The van der Waals surface area contributed by atoms with Crippen molar-refractivity contribution in [1.82, 2.24) is 4.90 Å². The van der Waals surface area contributed by atoms with E-state index in [1.165, 1.54) is 4.90 Å². The number of hydrogen-bond donors (Lipinski definition) is 0. The van der Waals surface area contributed by atoms with Gasteiger partial charge in [0.2, 0.25) is 0 Å². The Morgan fingerprint density at radius 3 is 2.52 bits per heavy atom. The second-order valence-electron chi connectivity index (χ2n) is 7.11. The van der Waals surface area contributed by atoms with Crippen LogP contribution in [0.15, 0.2) is 71.6 Å². The zero-order valence-corrected chi connectivity index (χ0v) is 20.9. The van der Waals surface area contributed by atoms with Crippen LogP contribution in [-0.4, -0.2) is 16.0 Å². The highest BCUT2D eigenvalue weighted by molar-refractivity contribution is 14.1. The Labute approximate surface area is 214 Å². The summed E-state index contributed by atoms with van der Waals surface area (Å²) >= 11 is 9.25. The van der Waals surface area contributed by atoms with Gasteiger partial charge in [-0.15, -0.1) is 0 Å². The molecule has 0 aliphatic carbocycles. The van der Waals surface area contributed by atoms with Gasteiger partial charge in [-0.1, -0.05) is 54.1 Å². The molecule has 0 radical (unpaired) electrons. The van der Waals surface area contributed by atoms with Crippen LogP contribution in [0.3, 0.4) is 0 Å². The van der Waals surface area contributed by atoms with Gasteiger partial charge in [-0.2, -0.15) is 5.26 Å². The third kappa shape index (κ3) is 5.41. The van der Waals surface area contributed by atoms with Crippen LogP contribution in [0.25, 0.3) is 6.08 Å². The van der Waals surface area contributed by atoms with Crippen LogP contribution >= 0.6 is 46.0 Å². The van der Waals surface area contributed by atoms with Crippen LogP contribution in [0.1, 0.15) is 22.3 Å². The summed E-state index contributed by atoms with van der Waals surface area (Å²) in [7, 11) is 0. The second kappa shape index (κ2) is 10.4. The van der Waals surface area contributed by atoms with Crippen molar-refractivity contribution in [3.8, 4) is 11.8 Å². The van der Waals surface area contributed by atoms with Crippen LogP contribution in [0.2, 0.25) is 5.02 Å². The van der Waals surface area contributed by atoms with E-state index < -0.39 is 0 Å². The van der Waals surface area contributed by atoms with Crippen LogP contribution in [0.5, 0.6) is 5.75 Å². The number of carbonyl (C=O) groups is 2. The van der Waals surface area contributed by atoms with Crippen molar-refractivity contribution >= 4 is 63.2 Å². The van der Waals surface area contributed by atoms with E-state index in [4.69, 9.17) is 16.3 Å². The molecule has 1 aliphatic rings. The standard InChI is InChI=1S/C25H16ClIN2O3S/c26-20-8-4-3-7-19(20)15-32-22-10-9-16(11-21(22)27)12-23-24(30)29(25(31)33-23)14-18-6-2-1-5-17(18)13-28/h1-12H,14-15H2/b23-12+. The monoisotopic (exact) mass is 586 g/mol. The molecule has 0 N–H and O–H groups in total. The minimum Gasteiger partial charge on any atom is -0.488 e. The van der Waals surface area contributed by atoms with E-state index in [0.29, 0.717) is 33.4 Å². The first kappa shape index (κ1) is 23.4. The van der Waals surface area contributed by atoms with E-state index in [1.54, 1.807) is 30.3 Å². The Balaban J connectivity index is 1.48. The number of amides is 2. The van der Waals surface area contributed by atoms with Gasteiger partial charge in [-0.3, -0.25) is 14.5 Å². The average Bonchev–Trinajstić information content (AvgIpc) is 3.07. The summed E-state index contributed by atoms with van der Waals surface area (Å²) in [5.74, 6) is 0.334. The van der Waals surface area contributed by atoms with Crippen molar-refractivity contribution in [2.75, 3.05) is 0 Å². The van der Waals surface area contributed by atoms with Crippen molar-refractivity contribution in [3.63, 3.8) is 0 Å². The first-order chi connectivity index (χ1) is 16.0. The lowest BCUT2D eigenvalue weighted by atomic mass is 10.1. The molecule has 0 bridgehead atoms. The molecule has 3 aromatic carbocycles. The maximum absolute atomic E-state index is 12.9. The summed E-state index contributed by atoms with van der Waals surface area (Å²) in [5, 5.41) is 9.56. The Morgan fingerprint density at radius 1 is 1.06 bits per heavy atom. The van der Waals surface area contributed by atoms with Crippen LogP contribution < -0.4 is 4.74 Å². The normalized spacial score (nSPS) is 14.6. The van der Waals surface area contributed by atoms with Crippen LogP contribution in [-0.2, 0) is 17.9 Å². The molecular formula is C25H16ClIN2O3S. The second-order valence-corrected chi connectivity index (χ2v) is 9.67. The fourth-order valence-electron chi connectivity index (χ4n) is 3.22. The lowest BCUT2D eigenvalue weighted by molar-refractivity contribution is -0.123. The molecule has 5 nitrogen and oxygen atoms in total. The van der Waals surface area contributed by atoms with Crippen molar-refractivity contribution in [2.45, 2.75) is 13.2 Å². The van der Waals surface area contributed by atoms with Gasteiger partial charge < -0.3 is 4.74 Å². The number of hydrogen-bond acceptors (Lipinski definition) is 5. The van der Waals surface area contributed by atoms with E-state index in [0.717, 1.165) is 26.5 Å². The minimum atomic E-state index is -0.369. The number of imide groups is 1. The molecule has 0 unspecified atom stereocenters. The largest absolute Gasteiger partial charge is 0.488 e. The lowest BCUT2D eigenvalue weighted by Gasteiger charge is -2.13. The number of nitrogens with zero attached hydrogens (tertiary/aromatic N) is 2. The summed E-state index contributed by atoms with van der Waals surface area (Å²) in [6.07, 6.45) is 1.70. The van der Waals surface area contributed by atoms with Gasteiger partial charge in [0.15, 0.2) is 0 Å². The van der Waals surface area contributed by atoms with Gasteiger partial charge in [0.25, 0.3) is 11.1 Å². The van der Waals surface area contributed by atoms with Gasteiger partial charge in [-0.05, 0) is 75.8 Å². The fraction of sp³-hybridized carbons (Fsp3) is 0.0800. The van der Waals surface area contributed by atoms with Crippen LogP contribution in [0, 0.1) is 14.9 Å². The molecule has 0 aromatic heterocycles. The molecule has 1 aliphatic heterocycles. The highest BCUT2D eigenvalue weighted by atomic mass is 127. The molecule has 1 heterocycles. The Kier molecular flexibility index (Phi) is 7.38. The molecule has 164 valence electrons.